The van der Waals surface area contributed by atoms with Gasteiger partial charge in [0.25, 0.3) is 0 Å². The maximum atomic E-state index is 12.6. The van der Waals surface area contributed by atoms with Crippen LogP contribution < -0.4 is 5.32 Å². The highest BCUT2D eigenvalue weighted by Crippen LogP contribution is 2.02. The van der Waals surface area contributed by atoms with Gasteiger partial charge in [-0.05, 0) is 24.6 Å². The van der Waals surface area contributed by atoms with Crippen molar-refractivity contribution in [1.82, 2.24) is 5.32 Å². The first kappa shape index (κ1) is 12.0. The van der Waals surface area contributed by atoms with Crippen LogP contribution in [0.2, 0.25) is 0 Å². The lowest BCUT2D eigenvalue weighted by molar-refractivity contribution is 0.129. The molecule has 0 fully saturated rings. The molecule has 1 amide bonds. The molecular weight excluding hydrogens is 211 g/mol. The lowest BCUT2D eigenvalue weighted by Crippen LogP contribution is -2.26. The molecule has 0 bridgehead atoms. The highest BCUT2D eigenvalue weighted by Gasteiger charge is 2.06. The molecule has 0 radical (unpaired) electrons. The van der Waals surface area contributed by atoms with Crippen LogP contribution in [0.25, 0.3) is 0 Å². The molecule has 0 aliphatic heterocycles. The van der Waals surface area contributed by atoms with Gasteiger partial charge in [-0.15, -0.1) is 0 Å². The molecule has 1 aromatic rings. The Balaban J connectivity index is 2.38. The van der Waals surface area contributed by atoms with Crippen LogP contribution >= 0.6 is 0 Å². The summed E-state index contributed by atoms with van der Waals surface area (Å²) in [5, 5.41) is 10.9. The Labute approximate surface area is 92.6 Å². The molecule has 0 heterocycles. The summed E-state index contributed by atoms with van der Waals surface area (Å²) in [7, 11) is 0. The quantitative estimate of drug-likeness (QED) is 0.850. The molecule has 1 rings (SSSR count). The summed E-state index contributed by atoms with van der Waals surface area (Å²) in [5.41, 5.74) is 0.753. The van der Waals surface area contributed by atoms with E-state index in [0.29, 0.717) is 0 Å². The smallest absolute Gasteiger partial charge is 0.408 e. The number of alkyl carbamates (subject to hydrolysis) is 1. The van der Waals surface area contributed by atoms with E-state index in [1.165, 1.54) is 19.1 Å². The van der Waals surface area contributed by atoms with Gasteiger partial charge in [0.1, 0.15) is 11.9 Å². The summed E-state index contributed by atoms with van der Waals surface area (Å²) in [4.78, 5) is 11.1. The van der Waals surface area contributed by atoms with Gasteiger partial charge in [-0.2, -0.15) is 5.26 Å². The number of amides is 1. The molecule has 1 unspecified atom stereocenters. The van der Waals surface area contributed by atoms with Crippen molar-refractivity contribution in [1.29, 1.82) is 5.26 Å². The third-order valence-corrected chi connectivity index (χ3v) is 1.82. The molecule has 1 atom stereocenters. The Hall–Kier alpha value is -2.09. The van der Waals surface area contributed by atoms with Crippen LogP contribution in [0, 0.1) is 17.1 Å². The van der Waals surface area contributed by atoms with Gasteiger partial charge in [0, 0.05) is 6.54 Å². The van der Waals surface area contributed by atoms with Gasteiger partial charge in [0.15, 0.2) is 6.10 Å². The number of nitriles is 1. The zero-order valence-corrected chi connectivity index (χ0v) is 8.74. The van der Waals surface area contributed by atoms with Crippen LogP contribution in [-0.2, 0) is 11.3 Å². The Morgan fingerprint density at radius 2 is 2.19 bits per heavy atom. The minimum atomic E-state index is -0.784. The predicted molar refractivity (Wildman–Crippen MR) is 54.8 cm³/mol. The van der Waals surface area contributed by atoms with Crippen molar-refractivity contribution >= 4 is 6.09 Å². The van der Waals surface area contributed by atoms with Crippen LogP contribution in [0.3, 0.4) is 0 Å². The van der Waals surface area contributed by atoms with E-state index < -0.39 is 12.2 Å². The topological polar surface area (TPSA) is 62.1 Å². The van der Waals surface area contributed by atoms with Crippen LogP contribution in [0.1, 0.15) is 12.5 Å². The first-order valence-electron chi connectivity index (χ1n) is 4.70. The zero-order chi connectivity index (χ0) is 12.0. The molecule has 5 heteroatoms. The molecule has 16 heavy (non-hydrogen) atoms. The maximum absolute atomic E-state index is 12.6. The van der Waals surface area contributed by atoms with E-state index in [1.54, 1.807) is 18.2 Å². The molecule has 4 nitrogen and oxygen atoms in total. The lowest BCUT2D eigenvalue weighted by Gasteiger charge is -2.07. The van der Waals surface area contributed by atoms with Crippen molar-refractivity contribution in [3.05, 3.63) is 35.6 Å². The third kappa shape index (κ3) is 3.96. The van der Waals surface area contributed by atoms with Gasteiger partial charge in [-0.25, -0.2) is 9.18 Å². The summed E-state index contributed by atoms with van der Waals surface area (Å²) >= 11 is 0. The van der Waals surface area contributed by atoms with Gasteiger partial charge in [-0.1, -0.05) is 12.1 Å². The number of hydrogen-bond acceptors (Lipinski definition) is 3. The molecule has 0 aromatic heterocycles. The SMILES string of the molecule is CC(C#N)OC(=O)NCc1ccc(F)cc1. The average Bonchev–Trinajstić information content (AvgIpc) is 2.28. The summed E-state index contributed by atoms with van der Waals surface area (Å²) in [6, 6.07) is 7.50. The van der Waals surface area contributed by atoms with Crippen molar-refractivity contribution in [2.75, 3.05) is 0 Å². The monoisotopic (exact) mass is 222 g/mol. The van der Waals surface area contributed by atoms with Crippen LogP contribution in [0.4, 0.5) is 9.18 Å². The van der Waals surface area contributed by atoms with E-state index in [9.17, 15) is 9.18 Å². The molecule has 0 spiro atoms. The number of benzene rings is 1. The van der Waals surface area contributed by atoms with Crippen LogP contribution in [0.15, 0.2) is 24.3 Å². The normalized spacial score (nSPS) is 11.3. The number of carbonyl (C=O) groups excluding carboxylic acids is 1. The standard InChI is InChI=1S/C11H11FN2O2/c1-8(6-13)16-11(15)14-7-9-2-4-10(12)5-3-9/h2-5,8H,7H2,1H3,(H,14,15). The van der Waals surface area contributed by atoms with Gasteiger partial charge < -0.3 is 10.1 Å². The van der Waals surface area contributed by atoms with Crippen molar-refractivity contribution < 1.29 is 13.9 Å². The second kappa shape index (κ2) is 5.71. The number of carbonyl (C=O) groups is 1. The highest BCUT2D eigenvalue weighted by atomic mass is 19.1. The van der Waals surface area contributed by atoms with Gasteiger partial charge >= 0.3 is 6.09 Å². The molecule has 0 saturated heterocycles. The zero-order valence-electron chi connectivity index (χ0n) is 8.74. The number of halogens is 1. The largest absolute Gasteiger partial charge is 0.431 e. The van der Waals surface area contributed by atoms with E-state index in [2.05, 4.69) is 10.1 Å². The van der Waals surface area contributed by atoms with Crippen molar-refractivity contribution in [3.63, 3.8) is 0 Å². The number of ether oxygens (including phenoxy) is 1. The van der Waals surface area contributed by atoms with Gasteiger partial charge in [0.05, 0.1) is 0 Å². The summed E-state index contributed by atoms with van der Waals surface area (Å²) in [5.74, 6) is -0.329. The number of rotatable bonds is 3. The van der Waals surface area contributed by atoms with Crippen molar-refractivity contribution in [3.8, 4) is 6.07 Å². The Morgan fingerprint density at radius 1 is 1.56 bits per heavy atom. The van der Waals surface area contributed by atoms with Crippen molar-refractivity contribution in [2.45, 2.75) is 19.6 Å². The van der Waals surface area contributed by atoms with Gasteiger partial charge in [0.2, 0.25) is 0 Å². The lowest BCUT2D eigenvalue weighted by atomic mass is 10.2. The fraction of sp³-hybridized carbons (Fsp3) is 0.273. The molecule has 1 aromatic carbocycles. The van der Waals surface area contributed by atoms with Crippen LogP contribution in [0.5, 0.6) is 0 Å². The summed E-state index contributed by atoms with van der Waals surface area (Å²) in [6.07, 6.45) is -1.45. The molecule has 0 aliphatic rings. The molecule has 1 N–H and O–H groups in total. The highest BCUT2D eigenvalue weighted by molar-refractivity contribution is 5.67. The minimum absolute atomic E-state index is 0.233. The third-order valence-electron chi connectivity index (χ3n) is 1.82. The van der Waals surface area contributed by atoms with Crippen LogP contribution in [-0.4, -0.2) is 12.2 Å². The maximum Gasteiger partial charge on any atom is 0.408 e. The number of nitrogens with zero attached hydrogens (tertiary/aromatic N) is 1. The first-order chi connectivity index (χ1) is 7.61. The van der Waals surface area contributed by atoms with E-state index in [0.717, 1.165) is 5.56 Å². The van der Waals surface area contributed by atoms with Gasteiger partial charge in [-0.3, -0.25) is 0 Å². The molecule has 84 valence electrons. The second-order valence-electron chi connectivity index (χ2n) is 3.16. The molecule has 0 aliphatic carbocycles. The van der Waals surface area contributed by atoms with E-state index >= 15 is 0 Å². The first-order valence-corrected chi connectivity index (χ1v) is 4.70. The summed E-state index contributed by atoms with van der Waals surface area (Å²) < 4.78 is 17.2. The Bertz CT molecular complexity index is 397. The molecular formula is C11H11FN2O2. The van der Waals surface area contributed by atoms with Crippen molar-refractivity contribution in [2.24, 2.45) is 0 Å². The van der Waals surface area contributed by atoms with E-state index in [-0.39, 0.29) is 12.4 Å². The number of hydrogen-bond donors (Lipinski definition) is 1. The van der Waals surface area contributed by atoms with E-state index in [4.69, 9.17) is 5.26 Å². The van der Waals surface area contributed by atoms with E-state index in [1.807, 2.05) is 0 Å². The minimum Gasteiger partial charge on any atom is -0.431 e. The Morgan fingerprint density at radius 3 is 2.75 bits per heavy atom. The average molecular weight is 222 g/mol. The summed E-state index contributed by atoms with van der Waals surface area (Å²) in [6.45, 7) is 1.70. The second-order valence-corrected chi connectivity index (χ2v) is 3.16. The molecule has 0 saturated carbocycles. The number of nitrogens with one attached hydrogen (secondary N) is 1. The predicted octanol–water partition coefficient (Wildman–Crippen LogP) is 1.96. The fourth-order valence-corrected chi connectivity index (χ4v) is 1.01. The Kier molecular flexibility index (Phi) is 4.28. The fourth-order valence-electron chi connectivity index (χ4n) is 1.01.